The number of hydrogen-bond acceptors (Lipinski definition) is 4. The summed E-state index contributed by atoms with van der Waals surface area (Å²) >= 11 is 0. The van der Waals surface area contributed by atoms with Crippen LogP contribution in [0.4, 0.5) is 19.0 Å². The Hall–Kier alpha value is -1.34. The minimum Gasteiger partial charge on any atom is -0.354 e. The van der Waals surface area contributed by atoms with Crippen LogP contribution in [-0.2, 0) is 0 Å². The third-order valence-corrected chi connectivity index (χ3v) is 3.39. The number of nitrogens with two attached hydrogens (primary N) is 1. The first-order chi connectivity index (χ1) is 9.35. The molecule has 2 N–H and O–H groups in total. The fraction of sp³-hybridized carbons (Fsp3) is 0.615. The van der Waals surface area contributed by atoms with Gasteiger partial charge in [0.05, 0.1) is 6.54 Å². The molecule has 0 aliphatic carbocycles. The van der Waals surface area contributed by atoms with Crippen molar-refractivity contribution in [2.24, 2.45) is 5.73 Å². The summed E-state index contributed by atoms with van der Waals surface area (Å²) in [4.78, 5) is 7.70. The van der Waals surface area contributed by atoms with Gasteiger partial charge >= 0.3 is 6.18 Å². The molecule has 1 fully saturated rings. The van der Waals surface area contributed by atoms with Gasteiger partial charge in [0.2, 0.25) is 0 Å². The zero-order valence-corrected chi connectivity index (χ0v) is 11.4. The molecule has 1 saturated heterocycles. The van der Waals surface area contributed by atoms with E-state index < -0.39 is 12.7 Å². The average molecular weight is 288 g/mol. The molecule has 2 rings (SSSR count). The molecular formula is C13H19F3N4. The Morgan fingerprint density at radius 2 is 1.95 bits per heavy atom. The molecular weight excluding hydrogens is 269 g/mol. The molecule has 0 aromatic carbocycles. The topological polar surface area (TPSA) is 45.4 Å². The van der Waals surface area contributed by atoms with Crippen LogP contribution in [0.2, 0.25) is 0 Å². The van der Waals surface area contributed by atoms with Crippen molar-refractivity contribution in [2.45, 2.75) is 19.1 Å². The normalized spacial score (nSPS) is 19.1. The zero-order chi connectivity index (χ0) is 14.8. The van der Waals surface area contributed by atoms with E-state index in [-0.39, 0.29) is 6.04 Å². The van der Waals surface area contributed by atoms with Crippen molar-refractivity contribution in [3.8, 4) is 0 Å². The smallest absolute Gasteiger partial charge is 0.354 e. The van der Waals surface area contributed by atoms with Crippen molar-refractivity contribution in [3.63, 3.8) is 0 Å². The molecule has 20 heavy (non-hydrogen) atoms. The van der Waals surface area contributed by atoms with Crippen LogP contribution < -0.4 is 10.6 Å². The van der Waals surface area contributed by atoms with Crippen LogP contribution in [0.3, 0.4) is 0 Å². The second-order valence-electron chi connectivity index (χ2n) is 5.11. The van der Waals surface area contributed by atoms with E-state index in [0.29, 0.717) is 26.2 Å². The van der Waals surface area contributed by atoms with Gasteiger partial charge in [-0.05, 0) is 24.6 Å². The summed E-state index contributed by atoms with van der Waals surface area (Å²) < 4.78 is 37.0. The highest BCUT2D eigenvalue weighted by Gasteiger charge is 2.32. The Balaban J connectivity index is 1.95. The molecule has 0 radical (unpaired) electrons. The molecule has 4 nitrogen and oxygen atoms in total. The van der Waals surface area contributed by atoms with Crippen molar-refractivity contribution in [1.29, 1.82) is 0 Å². The Morgan fingerprint density at radius 3 is 2.50 bits per heavy atom. The van der Waals surface area contributed by atoms with Crippen molar-refractivity contribution in [3.05, 3.63) is 23.9 Å². The largest absolute Gasteiger partial charge is 0.401 e. The van der Waals surface area contributed by atoms with Crippen LogP contribution in [0.25, 0.3) is 0 Å². The molecule has 2 heterocycles. The van der Waals surface area contributed by atoms with E-state index >= 15 is 0 Å². The van der Waals surface area contributed by atoms with E-state index in [0.717, 1.165) is 11.4 Å². The van der Waals surface area contributed by atoms with Crippen LogP contribution >= 0.6 is 0 Å². The molecule has 1 aromatic heterocycles. The molecule has 1 unspecified atom stereocenters. The standard InChI is InChI=1S/C13H19F3N4/c1-10(17)11-2-3-18-12(8-11)20-6-4-19(5-7-20)9-13(14,15)16/h2-3,8,10H,4-7,9,17H2,1H3. The number of alkyl halides is 3. The maximum atomic E-state index is 12.3. The Kier molecular flexibility index (Phi) is 4.49. The van der Waals surface area contributed by atoms with Gasteiger partial charge in [-0.2, -0.15) is 13.2 Å². The minimum atomic E-state index is -4.13. The monoisotopic (exact) mass is 288 g/mol. The molecule has 1 aromatic rings. The maximum absolute atomic E-state index is 12.3. The van der Waals surface area contributed by atoms with E-state index in [1.807, 2.05) is 24.0 Å². The number of hydrogen-bond donors (Lipinski definition) is 1. The quantitative estimate of drug-likeness (QED) is 0.921. The first-order valence-electron chi connectivity index (χ1n) is 6.61. The lowest BCUT2D eigenvalue weighted by atomic mass is 10.1. The van der Waals surface area contributed by atoms with Gasteiger partial charge in [0, 0.05) is 38.4 Å². The molecule has 1 aliphatic heterocycles. The molecule has 112 valence electrons. The van der Waals surface area contributed by atoms with Crippen LogP contribution in [0.15, 0.2) is 18.3 Å². The van der Waals surface area contributed by atoms with Gasteiger partial charge in [-0.1, -0.05) is 0 Å². The molecule has 1 atom stereocenters. The zero-order valence-electron chi connectivity index (χ0n) is 11.4. The molecule has 1 aliphatic rings. The van der Waals surface area contributed by atoms with Gasteiger partial charge in [-0.15, -0.1) is 0 Å². The van der Waals surface area contributed by atoms with Gasteiger partial charge < -0.3 is 10.6 Å². The lowest BCUT2D eigenvalue weighted by molar-refractivity contribution is -0.146. The highest BCUT2D eigenvalue weighted by atomic mass is 19.4. The molecule has 0 spiro atoms. The number of nitrogens with zero attached hydrogens (tertiary/aromatic N) is 3. The van der Waals surface area contributed by atoms with Gasteiger partial charge in [0.15, 0.2) is 0 Å². The summed E-state index contributed by atoms with van der Waals surface area (Å²) in [6.07, 6.45) is -2.44. The van der Waals surface area contributed by atoms with Gasteiger partial charge in [0.1, 0.15) is 5.82 Å². The van der Waals surface area contributed by atoms with Gasteiger partial charge in [0.25, 0.3) is 0 Å². The summed E-state index contributed by atoms with van der Waals surface area (Å²) in [6, 6.07) is 3.68. The summed E-state index contributed by atoms with van der Waals surface area (Å²) in [5.41, 5.74) is 6.80. The first-order valence-corrected chi connectivity index (χ1v) is 6.61. The first kappa shape index (κ1) is 15.1. The third-order valence-electron chi connectivity index (χ3n) is 3.39. The van der Waals surface area contributed by atoms with Crippen molar-refractivity contribution in [1.82, 2.24) is 9.88 Å². The Labute approximate surface area is 116 Å². The highest BCUT2D eigenvalue weighted by molar-refractivity contribution is 5.42. The number of piperazine rings is 1. The molecule has 0 saturated carbocycles. The van der Waals surface area contributed by atoms with Crippen molar-refractivity contribution >= 4 is 5.82 Å². The van der Waals surface area contributed by atoms with Crippen molar-refractivity contribution in [2.75, 3.05) is 37.6 Å². The fourth-order valence-electron chi connectivity index (χ4n) is 2.28. The maximum Gasteiger partial charge on any atom is 0.401 e. The highest BCUT2D eigenvalue weighted by Crippen LogP contribution is 2.21. The van der Waals surface area contributed by atoms with E-state index in [2.05, 4.69) is 4.98 Å². The SMILES string of the molecule is CC(N)c1ccnc(N2CCN(CC(F)(F)F)CC2)c1. The number of aromatic nitrogens is 1. The fourth-order valence-corrected chi connectivity index (χ4v) is 2.28. The van der Waals surface area contributed by atoms with E-state index in [4.69, 9.17) is 5.73 Å². The average Bonchev–Trinajstić information content (AvgIpc) is 2.38. The van der Waals surface area contributed by atoms with Gasteiger partial charge in [-0.25, -0.2) is 4.98 Å². The van der Waals surface area contributed by atoms with E-state index in [1.165, 1.54) is 4.90 Å². The predicted octanol–water partition coefficient (Wildman–Crippen LogP) is 1.79. The van der Waals surface area contributed by atoms with Crippen LogP contribution in [0.1, 0.15) is 18.5 Å². The lowest BCUT2D eigenvalue weighted by Gasteiger charge is -2.35. The molecule has 0 bridgehead atoms. The molecule has 0 amide bonds. The van der Waals surface area contributed by atoms with Gasteiger partial charge in [-0.3, -0.25) is 4.90 Å². The lowest BCUT2D eigenvalue weighted by Crippen LogP contribution is -2.49. The number of rotatable bonds is 3. The molecule has 7 heteroatoms. The number of halogens is 3. The second kappa shape index (κ2) is 5.97. The third kappa shape index (κ3) is 4.08. The summed E-state index contributed by atoms with van der Waals surface area (Å²) in [6.45, 7) is 2.93. The summed E-state index contributed by atoms with van der Waals surface area (Å²) in [7, 11) is 0. The minimum absolute atomic E-state index is 0.0803. The van der Waals surface area contributed by atoms with Crippen LogP contribution in [-0.4, -0.2) is 48.8 Å². The van der Waals surface area contributed by atoms with Crippen LogP contribution in [0.5, 0.6) is 0 Å². The Morgan fingerprint density at radius 1 is 1.30 bits per heavy atom. The second-order valence-corrected chi connectivity index (χ2v) is 5.11. The Bertz CT molecular complexity index is 439. The number of pyridine rings is 1. The van der Waals surface area contributed by atoms with Crippen molar-refractivity contribution < 1.29 is 13.2 Å². The summed E-state index contributed by atoms with van der Waals surface area (Å²) in [5.74, 6) is 0.784. The summed E-state index contributed by atoms with van der Waals surface area (Å²) in [5, 5.41) is 0. The number of anilines is 1. The predicted molar refractivity (Wildman–Crippen MR) is 71.5 cm³/mol. The van der Waals surface area contributed by atoms with E-state index in [1.54, 1.807) is 6.20 Å². The van der Waals surface area contributed by atoms with Crippen LogP contribution in [0, 0.1) is 0 Å². The van der Waals surface area contributed by atoms with E-state index in [9.17, 15) is 13.2 Å².